The Labute approximate surface area is 66.0 Å². The monoisotopic (exact) mass is 153 g/mol. The summed E-state index contributed by atoms with van der Waals surface area (Å²) in [5.41, 5.74) is 6.56. The number of nitrogens with two attached hydrogens (primary N) is 1. The lowest BCUT2D eigenvalue weighted by atomic mass is 10.1. The van der Waals surface area contributed by atoms with Gasteiger partial charge < -0.3 is 5.73 Å². The molecule has 0 fully saturated rings. The average Bonchev–Trinajstić information content (AvgIpc) is 2.03. The topological polar surface area (TPSA) is 26.0 Å². The molecule has 0 saturated heterocycles. The second kappa shape index (κ2) is 3.49. The van der Waals surface area contributed by atoms with E-state index < -0.39 is 0 Å². The summed E-state index contributed by atoms with van der Waals surface area (Å²) in [5.74, 6) is -0.216. The molecule has 0 spiro atoms. The molecule has 0 aliphatic carbocycles. The fourth-order valence-corrected chi connectivity index (χ4v) is 0.973. The zero-order valence-corrected chi connectivity index (χ0v) is 6.55. The Morgan fingerprint density at radius 2 is 2.27 bits per heavy atom. The first-order chi connectivity index (χ1) is 5.24. The van der Waals surface area contributed by atoms with Crippen LogP contribution in [0.2, 0.25) is 0 Å². The minimum absolute atomic E-state index is 0.0364. The van der Waals surface area contributed by atoms with Crippen LogP contribution in [0.25, 0.3) is 0 Å². The van der Waals surface area contributed by atoms with E-state index in [1.807, 2.05) is 13.0 Å². The molecule has 1 unspecified atom stereocenters. The summed E-state index contributed by atoms with van der Waals surface area (Å²) in [5, 5.41) is 0. The molecule has 0 bridgehead atoms. The van der Waals surface area contributed by atoms with Gasteiger partial charge in [-0.15, -0.1) is 0 Å². The van der Waals surface area contributed by atoms with Crippen LogP contribution >= 0.6 is 0 Å². The van der Waals surface area contributed by atoms with Crippen LogP contribution in [0.3, 0.4) is 0 Å². The van der Waals surface area contributed by atoms with Gasteiger partial charge in [0.15, 0.2) is 0 Å². The van der Waals surface area contributed by atoms with Crippen molar-refractivity contribution in [3.8, 4) is 0 Å². The highest BCUT2D eigenvalue weighted by atomic mass is 19.1. The molecule has 0 saturated carbocycles. The Morgan fingerprint density at radius 1 is 1.55 bits per heavy atom. The molecule has 0 aromatic heterocycles. The highest BCUT2D eigenvalue weighted by Gasteiger charge is 2.02. The number of rotatable bonds is 2. The van der Waals surface area contributed by atoms with Crippen LogP contribution in [0.1, 0.15) is 24.9 Å². The van der Waals surface area contributed by atoms with Crippen LogP contribution in [0.15, 0.2) is 24.3 Å². The molecule has 11 heavy (non-hydrogen) atoms. The van der Waals surface area contributed by atoms with Crippen LogP contribution in [-0.2, 0) is 0 Å². The first-order valence-corrected chi connectivity index (χ1v) is 3.75. The maximum Gasteiger partial charge on any atom is 0.123 e. The summed E-state index contributed by atoms with van der Waals surface area (Å²) in [7, 11) is 0. The quantitative estimate of drug-likeness (QED) is 0.692. The summed E-state index contributed by atoms with van der Waals surface area (Å²) in [6.45, 7) is 1.98. The standard InChI is InChI=1S/C9H12FN/c1-2-9(11)7-4-3-5-8(10)6-7/h3-6,9H,2,11H2,1H3. The van der Waals surface area contributed by atoms with Gasteiger partial charge in [0.05, 0.1) is 0 Å². The third kappa shape index (κ3) is 2.02. The predicted octanol–water partition coefficient (Wildman–Crippen LogP) is 2.24. The summed E-state index contributed by atoms with van der Waals surface area (Å²) >= 11 is 0. The Morgan fingerprint density at radius 3 is 2.82 bits per heavy atom. The Balaban J connectivity index is 2.86. The van der Waals surface area contributed by atoms with Crippen LogP contribution < -0.4 is 5.73 Å². The molecule has 1 atom stereocenters. The molecule has 2 heteroatoms. The van der Waals surface area contributed by atoms with Crippen molar-refractivity contribution in [2.24, 2.45) is 5.73 Å². The van der Waals surface area contributed by atoms with Gasteiger partial charge in [-0.2, -0.15) is 0 Å². The van der Waals surface area contributed by atoms with E-state index in [1.165, 1.54) is 12.1 Å². The lowest BCUT2D eigenvalue weighted by molar-refractivity contribution is 0.616. The largest absolute Gasteiger partial charge is 0.324 e. The summed E-state index contributed by atoms with van der Waals surface area (Å²) in [6, 6.07) is 6.39. The molecule has 60 valence electrons. The van der Waals surface area contributed by atoms with E-state index in [2.05, 4.69) is 0 Å². The molecule has 0 amide bonds. The fraction of sp³-hybridized carbons (Fsp3) is 0.333. The van der Waals surface area contributed by atoms with Gasteiger partial charge in [0.1, 0.15) is 5.82 Å². The molecular formula is C9H12FN. The van der Waals surface area contributed by atoms with Crippen molar-refractivity contribution in [1.29, 1.82) is 0 Å². The SMILES string of the molecule is CCC(N)c1cccc(F)c1. The normalized spacial score (nSPS) is 13.0. The van der Waals surface area contributed by atoms with Crippen molar-refractivity contribution in [2.75, 3.05) is 0 Å². The molecule has 1 nitrogen and oxygen atoms in total. The van der Waals surface area contributed by atoms with Crippen LogP contribution in [0.4, 0.5) is 4.39 Å². The van der Waals surface area contributed by atoms with E-state index in [9.17, 15) is 4.39 Å². The van der Waals surface area contributed by atoms with Gasteiger partial charge in [0.2, 0.25) is 0 Å². The first kappa shape index (κ1) is 8.21. The lowest BCUT2D eigenvalue weighted by Crippen LogP contribution is -2.08. The van der Waals surface area contributed by atoms with E-state index in [4.69, 9.17) is 5.73 Å². The zero-order chi connectivity index (χ0) is 8.27. The predicted molar refractivity (Wildman–Crippen MR) is 43.6 cm³/mol. The summed E-state index contributed by atoms with van der Waals surface area (Å²) in [6.07, 6.45) is 0.837. The van der Waals surface area contributed by atoms with E-state index >= 15 is 0 Å². The average molecular weight is 153 g/mol. The molecule has 1 aromatic rings. The molecule has 1 aromatic carbocycles. The Bertz CT molecular complexity index is 235. The van der Waals surface area contributed by atoms with Crippen molar-refractivity contribution in [2.45, 2.75) is 19.4 Å². The fourth-order valence-electron chi connectivity index (χ4n) is 0.973. The highest BCUT2D eigenvalue weighted by Crippen LogP contribution is 2.13. The third-order valence-electron chi connectivity index (χ3n) is 1.72. The first-order valence-electron chi connectivity index (χ1n) is 3.75. The second-order valence-corrected chi connectivity index (χ2v) is 2.57. The van der Waals surface area contributed by atoms with Gasteiger partial charge in [-0.3, -0.25) is 0 Å². The van der Waals surface area contributed by atoms with Crippen molar-refractivity contribution >= 4 is 0 Å². The smallest absolute Gasteiger partial charge is 0.123 e. The lowest BCUT2D eigenvalue weighted by Gasteiger charge is -2.07. The Hall–Kier alpha value is -0.890. The van der Waals surface area contributed by atoms with Gasteiger partial charge >= 0.3 is 0 Å². The number of halogens is 1. The minimum atomic E-state index is -0.216. The van der Waals surface area contributed by atoms with Crippen LogP contribution in [0, 0.1) is 5.82 Å². The zero-order valence-electron chi connectivity index (χ0n) is 6.55. The van der Waals surface area contributed by atoms with Crippen molar-refractivity contribution in [3.05, 3.63) is 35.6 Å². The van der Waals surface area contributed by atoms with Gasteiger partial charge in [-0.05, 0) is 24.1 Å². The van der Waals surface area contributed by atoms with E-state index in [1.54, 1.807) is 6.07 Å². The molecule has 0 radical (unpaired) electrons. The number of hydrogen-bond acceptors (Lipinski definition) is 1. The van der Waals surface area contributed by atoms with Gasteiger partial charge in [-0.1, -0.05) is 19.1 Å². The highest BCUT2D eigenvalue weighted by molar-refractivity contribution is 5.19. The molecule has 0 aliphatic rings. The van der Waals surface area contributed by atoms with Gasteiger partial charge in [0, 0.05) is 6.04 Å². The molecule has 1 rings (SSSR count). The van der Waals surface area contributed by atoms with E-state index in [-0.39, 0.29) is 11.9 Å². The second-order valence-electron chi connectivity index (χ2n) is 2.57. The minimum Gasteiger partial charge on any atom is -0.324 e. The van der Waals surface area contributed by atoms with Crippen LogP contribution in [-0.4, -0.2) is 0 Å². The molecule has 0 heterocycles. The van der Waals surface area contributed by atoms with Gasteiger partial charge in [-0.25, -0.2) is 4.39 Å². The van der Waals surface area contributed by atoms with E-state index in [0.29, 0.717) is 0 Å². The Kier molecular flexibility index (Phi) is 2.60. The van der Waals surface area contributed by atoms with E-state index in [0.717, 1.165) is 12.0 Å². The third-order valence-corrected chi connectivity index (χ3v) is 1.72. The number of hydrogen-bond donors (Lipinski definition) is 1. The molecular weight excluding hydrogens is 141 g/mol. The maximum atomic E-state index is 12.6. The van der Waals surface area contributed by atoms with Crippen molar-refractivity contribution < 1.29 is 4.39 Å². The summed E-state index contributed by atoms with van der Waals surface area (Å²) in [4.78, 5) is 0. The van der Waals surface area contributed by atoms with Crippen molar-refractivity contribution in [3.63, 3.8) is 0 Å². The summed E-state index contributed by atoms with van der Waals surface area (Å²) < 4.78 is 12.6. The molecule has 2 N–H and O–H groups in total. The van der Waals surface area contributed by atoms with Gasteiger partial charge in [0.25, 0.3) is 0 Å². The van der Waals surface area contributed by atoms with Crippen molar-refractivity contribution in [1.82, 2.24) is 0 Å². The number of benzene rings is 1. The van der Waals surface area contributed by atoms with Crippen LogP contribution in [0.5, 0.6) is 0 Å². The maximum absolute atomic E-state index is 12.6. The molecule has 0 aliphatic heterocycles.